The zero-order chi connectivity index (χ0) is 30.9. The molecule has 0 saturated heterocycles. The van der Waals surface area contributed by atoms with Gasteiger partial charge in [0.25, 0.3) is 0 Å². The number of aromatic nitrogens is 6. The Bertz CT molecular complexity index is 2830. The van der Waals surface area contributed by atoms with Crippen LogP contribution in [-0.2, 0) is 21.1 Å². The largest absolute Gasteiger partial charge is 2.00 e. The van der Waals surface area contributed by atoms with Crippen molar-refractivity contribution in [2.75, 3.05) is 0 Å². The van der Waals surface area contributed by atoms with Crippen molar-refractivity contribution >= 4 is 54.9 Å². The topological polar surface area (TPSA) is 69.6 Å². The third kappa shape index (κ3) is 4.25. The SMILES string of the molecule is [Pt+2].[c-]1c(Oc2[c-]c3c(cc2)c2ncccc2n2c(-c4ccccc4)c(-c4ccccc4)nc32)ccc2c1c1nccn1c1ncccc21. The first-order chi connectivity index (χ1) is 23.3. The van der Waals surface area contributed by atoms with Gasteiger partial charge in [0.2, 0.25) is 0 Å². The standard InChI is InChI=1S/C40H22N6O.Pt/c1-3-9-25(10-4-1)35-37(26-11-5-2-6-12-26)46-34-14-8-19-41-36(34)30-18-16-28(24-33(30)40(46)44-35)47-27-15-17-29-31-13-7-20-42-38(31)45-22-21-43-39(45)32(29)23-27;/h1-22H;/q-2;+2. The second kappa shape index (κ2) is 11.1. The molecule has 0 aliphatic carbocycles. The third-order valence-corrected chi connectivity index (χ3v) is 8.71. The van der Waals surface area contributed by atoms with Gasteiger partial charge in [0.1, 0.15) is 5.65 Å². The Morgan fingerprint density at radius 1 is 0.542 bits per heavy atom. The summed E-state index contributed by atoms with van der Waals surface area (Å²) in [7, 11) is 0. The maximum atomic E-state index is 6.48. The second-order valence-electron chi connectivity index (χ2n) is 11.4. The summed E-state index contributed by atoms with van der Waals surface area (Å²) >= 11 is 0. The molecule has 0 aliphatic heterocycles. The molecule has 0 saturated carbocycles. The first-order valence-electron chi connectivity index (χ1n) is 15.3. The Morgan fingerprint density at radius 2 is 1.21 bits per heavy atom. The number of hydrogen-bond acceptors (Lipinski definition) is 5. The van der Waals surface area contributed by atoms with Gasteiger partial charge in [0.05, 0.1) is 33.7 Å². The average molecular weight is 798 g/mol. The minimum atomic E-state index is 0. The molecule has 8 heteroatoms. The van der Waals surface area contributed by atoms with E-state index < -0.39 is 0 Å². The molecule has 0 atom stereocenters. The molecule has 0 spiro atoms. The molecular formula is C40H22N6OPt. The number of pyridine rings is 4. The van der Waals surface area contributed by atoms with Crippen LogP contribution in [0, 0.1) is 12.1 Å². The molecule has 10 aromatic rings. The maximum Gasteiger partial charge on any atom is 2.00 e. The molecule has 0 unspecified atom stereocenters. The summed E-state index contributed by atoms with van der Waals surface area (Å²) in [5.41, 5.74) is 8.24. The molecule has 4 aromatic carbocycles. The van der Waals surface area contributed by atoms with E-state index in [-0.39, 0.29) is 21.1 Å². The van der Waals surface area contributed by atoms with Crippen LogP contribution in [0.5, 0.6) is 11.5 Å². The van der Waals surface area contributed by atoms with Crippen LogP contribution >= 0.6 is 0 Å². The van der Waals surface area contributed by atoms with Gasteiger partial charge < -0.3 is 13.5 Å². The summed E-state index contributed by atoms with van der Waals surface area (Å²) in [6, 6.07) is 43.8. The summed E-state index contributed by atoms with van der Waals surface area (Å²) < 4.78 is 10.7. The Balaban J connectivity index is 0.00000314. The molecule has 0 fully saturated rings. The fourth-order valence-electron chi connectivity index (χ4n) is 6.69. The molecule has 6 aromatic heterocycles. The van der Waals surface area contributed by atoms with Crippen molar-refractivity contribution in [3.63, 3.8) is 0 Å². The van der Waals surface area contributed by atoms with E-state index in [1.54, 1.807) is 12.4 Å². The van der Waals surface area contributed by atoms with Crippen LogP contribution in [-0.4, -0.2) is 28.7 Å². The van der Waals surface area contributed by atoms with Gasteiger partial charge in [-0.3, -0.25) is 15.0 Å². The maximum absolute atomic E-state index is 6.48. The number of imidazole rings is 2. The zero-order valence-electron chi connectivity index (χ0n) is 25.1. The van der Waals surface area contributed by atoms with Crippen molar-refractivity contribution < 1.29 is 25.8 Å². The molecule has 10 rings (SSSR count). The quantitative estimate of drug-likeness (QED) is 0.131. The van der Waals surface area contributed by atoms with E-state index >= 15 is 0 Å². The molecule has 0 N–H and O–H groups in total. The van der Waals surface area contributed by atoms with E-state index in [0.29, 0.717) is 11.5 Å². The van der Waals surface area contributed by atoms with E-state index in [0.717, 1.165) is 77.4 Å². The summed E-state index contributed by atoms with van der Waals surface area (Å²) in [4.78, 5) is 19.4. The normalized spacial score (nSPS) is 11.6. The van der Waals surface area contributed by atoms with Gasteiger partial charge in [-0.15, -0.1) is 12.1 Å². The van der Waals surface area contributed by atoms with E-state index in [9.17, 15) is 0 Å². The predicted molar refractivity (Wildman–Crippen MR) is 185 cm³/mol. The monoisotopic (exact) mass is 797 g/mol. The van der Waals surface area contributed by atoms with Gasteiger partial charge in [-0.2, -0.15) is 0 Å². The van der Waals surface area contributed by atoms with Crippen molar-refractivity contribution in [2.45, 2.75) is 0 Å². The molecule has 228 valence electrons. The minimum absolute atomic E-state index is 0. The minimum Gasteiger partial charge on any atom is -0.497 e. The predicted octanol–water partition coefficient (Wildman–Crippen LogP) is 9.11. The molecule has 0 bridgehead atoms. The van der Waals surface area contributed by atoms with E-state index in [2.05, 4.69) is 75.0 Å². The number of benzene rings is 4. The van der Waals surface area contributed by atoms with Crippen molar-refractivity contribution in [1.29, 1.82) is 0 Å². The Morgan fingerprint density at radius 3 is 2.00 bits per heavy atom. The summed E-state index contributed by atoms with van der Waals surface area (Å²) in [6.45, 7) is 0. The van der Waals surface area contributed by atoms with Gasteiger partial charge >= 0.3 is 21.1 Å². The molecule has 0 radical (unpaired) electrons. The van der Waals surface area contributed by atoms with E-state index in [4.69, 9.17) is 14.7 Å². The first-order valence-corrected chi connectivity index (χ1v) is 15.3. The van der Waals surface area contributed by atoms with Crippen molar-refractivity contribution in [3.8, 4) is 34.0 Å². The Kier molecular flexibility index (Phi) is 6.56. The van der Waals surface area contributed by atoms with Crippen LogP contribution in [0.2, 0.25) is 0 Å². The smallest absolute Gasteiger partial charge is 0.497 e. The number of nitrogens with zero attached hydrogens (tertiary/aromatic N) is 6. The second-order valence-corrected chi connectivity index (χ2v) is 11.4. The Hall–Kier alpha value is -5.91. The third-order valence-electron chi connectivity index (χ3n) is 8.71. The number of fused-ring (bicyclic) bond motifs is 12. The summed E-state index contributed by atoms with van der Waals surface area (Å²) in [6.07, 6.45) is 7.33. The molecule has 6 heterocycles. The molecule has 7 nitrogen and oxygen atoms in total. The van der Waals surface area contributed by atoms with Crippen LogP contribution < -0.4 is 4.74 Å². The van der Waals surface area contributed by atoms with Gasteiger partial charge in [0.15, 0.2) is 0 Å². The number of hydrogen-bond donors (Lipinski definition) is 0. The van der Waals surface area contributed by atoms with Crippen LogP contribution in [0.4, 0.5) is 0 Å². The molecule has 0 aliphatic rings. The number of ether oxygens (including phenoxy) is 1. The van der Waals surface area contributed by atoms with Crippen LogP contribution in [0.25, 0.3) is 77.4 Å². The van der Waals surface area contributed by atoms with Crippen LogP contribution in [0.1, 0.15) is 0 Å². The zero-order valence-corrected chi connectivity index (χ0v) is 27.4. The van der Waals surface area contributed by atoms with E-state index in [1.165, 1.54) is 0 Å². The van der Waals surface area contributed by atoms with Gasteiger partial charge in [0, 0.05) is 41.8 Å². The van der Waals surface area contributed by atoms with Crippen molar-refractivity contribution in [1.82, 2.24) is 28.7 Å². The molecular weight excluding hydrogens is 776 g/mol. The van der Waals surface area contributed by atoms with Gasteiger partial charge in [-0.1, -0.05) is 113 Å². The van der Waals surface area contributed by atoms with Gasteiger partial charge in [-0.25, -0.2) is 4.98 Å². The van der Waals surface area contributed by atoms with Crippen molar-refractivity contribution in [2.24, 2.45) is 0 Å². The fourth-order valence-corrected chi connectivity index (χ4v) is 6.69. The molecule has 48 heavy (non-hydrogen) atoms. The summed E-state index contributed by atoms with van der Waals surface area (Å²) in [5.74, 6) is 1.12. The van der Waals surface area contributed by atoms with Gasteiger partial charge in [-0.05, 0) is 29.1 Å². The summed E-state index contributed by atoms with van der Waals surface area (Å²) in [5, 5.41) is 4.67. The van der Waals surface area contributed by atoms with E-state index in [1.807, 2.05) is 77.5 Å². The van der Waals surface area contributed by atoms with Crippen LogP contribution in [0.3, 0.4) is 0 Å². The van der Waals surface area contributed by atoms with Crippen LogP contribution in [0.15, 0.2) is 134 Å². The average Bonchev–Trinajstić information content (AvgIpc) is 3.80. The first kappa shape index (κ1) is 28.3. The molecule has 0 amide bonds. The fraction of sp³-hybridized carbons (Fsp3) is 0. The Labute approximate surface area is 288 Å². The van der Waals surface area contributed by atoms with Crippen molar-refractivity contribution in [3.05, 3.63) is 146 Å². The number of rotatable bonds is 4.